The van der Waals surface area contributed by atoms with Crippen molar-refractivity contribution in [1.29, 1.82) is 0 Å². The van der Waals surface area contributed by atoms with Crippen molar-refractivity contribution in [3.8, 4) is 0 Å². The van der Waals surface area contributed by atoms with E-state index in [4.69, 9.17) is 0 Å². The first-order chi connectivity index (χ1) is 14.4. The van der Waals surface area contributed by atoms with Crippen LogP contribution in [0.4, 0.5) is 0 Å². The minimum atomic E-state index is 0. The van der Waals surface area contributed by atoms with Gasteiger partial charge in [0.2, 0.25) is 0 Å². The minimum Gasteiger partial charge on any atom is -1.00 e. The largest absolute Gasteiger partial charge is 1.00 e. The van der Waals surface area contributed by atoms with Crippen molar-refractivity contribution in [3.63, 3.8) is 0 Å². The van der Waals surface area contributed by atoms with E-state index >= 15 is 0 Å². The monoisotopic (exact) mass is 604 g/mol. The third kappa shape index (κ3) is 8.79. The van der Waals surface area contributed by atoms with E-state index in [1.54, 1.807) is 16.7 Å². The van der Waals surface area contributed by atoms with Crippen LogP contribution in [-0.4, -0.2) is 0 Å². The van der Waals surface area contributed by atoms with Gasteiger partial charge in [0.15, 0.2) is 0 Å². The summed E-state index contributed by atoms with van der Waals surface area (Å²) in [5, 5.41) is 0. The third-order valence-electron chi connectivity index (χ3n) is 9.01. The van der Waals surface area contributed by atoms with Crippen LogP contribution in [0, 0.1) is 58.4 Å². The van der Waals surface area contributed by atoms with E-state index in [2.05, 4.69) is 65.0 Å². The van der Waals surface area contributed by atoms with Crippen LogP contribution in [-0.2, 0) is 6.42 Å². The molecular formula is C32H50Rb2. The van der Waals surface area contributed by atoms with Gasteiger partial charge in [0.05, 0.1) is 0 Å². The Kier molecular flexibility index (Phi) is 17.9. The first-order valence-corrected chi connectivity index (χ1v) is 12.5. The van der Waals surface area contributed by atoms with Gasteiger partial charge >= 0.3 is 116 Å². The molecule has 180 valence electrons. The number of hydrogen-bond donors (Lipinski definition) is 0. The van der Waals surface area contributed by atoms with Crippen LogP contribution in [0.25, 0.3) is 0 Å². The molecule has 34 heavy (non-hydrogen) atoms. The Morgan fingerprint density at radius 3 is 1.85 bits per heavy atom. The first kappa shape index (κ1) is 36.1. The van der Waals surface area contributed by atoms with Crippen molar-refractivity contribution in [2.75, 3.05) is 0 Å². The zero-order valence-corrected chi connectivity index (χ0v) is 31.8. The molecule has 2 aliphatic rings. The van der Waals surface area contributed by atoms with Crippen molar-refractivity contribution >= 4 is 0 Å². The van der Waals surface area contributed by atoms with Gasteiger partial charge in [0.1, 0.15) is 0 Å². The molecule has 2 fully saturated rings. The Labute approximate surface area is 312 Å². The number of benzene rings is 2. The van der Waals surface area contributed by atoms with Crippen LogP contribution < -0.4 is 116 Å². The minimum absolute atomic E-state index is 0. The molecule has 0 spiro atoms. The van der Waals surface area contributed by atoms with Crippen molar-refractivity contribution in [1.82, 2.24) is 0 Å². The molecule has 2 aromatic rings. The molecule has 0 saturated heterocycles. The van der Waals surface area contributed by atoms with E-state index < -0.39 is 0 Å². The van der Waals surface area contributed by atoms with E-state index in [0.717, 1.165) is 23.7 Å². The van der Waals surface area contributed by atoms with Gasteiger partial charge in [-0.05, 0) is 124 Å². The maximum absolute atomic E-state index is 3.35. The molecule has 0 bridgehead atoms. The Morgan fingerprint density at radius 1 is 0.706 bits per heavy atom. The Bertz CT molecular complexity index is 875. The summed E-state index contributed by atoms with van der Waals surface area (Å²) in [5.74, 6) is 3.69. The summed E-state index contributed by atoms with van der Waals surface area (Å²) in [4.78, 5) is 0. The third-order valence-corrected chi connectivity index (χ3v) is 9.01. The molecule has 0 unspecified atom stereocenters. The average molecular weight is 606 g/mol. The smallest absolute Gasteiger partial charge is 1.00 e. The van der Waals surface area contributed by atoms with E-state index in [1.165, 1.54) is 80.0 Å². The van der Waals surface area contributed by atoms with Crippen LogP contribution in [0.3, 0.4) is 0 Å². The summed E-state index contributed by atoms with van der Waals surface area (Å²) >= 11 is 0. The van der Waals surface area contributed by atoms with E-state index in [0.29, 0.717) is 0 Å². The van der Waals surface area contributed by atoms with Crippen LogP contribution in [0.5, 0.6) is 0 Å². The maximum atomic E-state index is 3.35. The summed E-state index contributed by atoms with van der Waals surface area (Å²) in [6, 6.07) is 12.6. The molecule has 0 N–H and O–H groups in total. The standard InChI is InChI=1S/C30H41.2CH4.2Rb.H/c1-20-7-6-8-29(23(20)4)19-25-10-12-26(13-11-25)27-14-16-28(17-15-27)30-18-9-21(2)22(3)24(30)5;;;;;/h6,8-9,18,25-28H,10-17,19H2,1-5H3;2*1H4;;;/q-1;;;2*+1;-1. The van der Waals surface area contributed by atoms with Crippen molar-refractivity contribution in [2.24, 2.45) is 17.8 Å². The zero-order chi connectivity index (χ0) is 21.3. The molecular weight excluding hydrogens is 555 g/mol. The number of aryl methyl sites for hydroxylation is 2. The molecule has 0 aliphatic heterocycles. The van der Waals surface area contributed by atoms with E-state index in [9.17, 15) is 0 Å². The molecule has 0 amide bonds. The quantitative estimate of drug-likeness (QED) is 0.466. The molecule has 4 rings (SSSR count). The van der Waals surface area contributed by atoms with Gasteiger partial charge in [-0.1, -0.05) is 40.8 Å². The molecule has 0 radical (unpaired) electrons. The van der Waals surface area contributed by atoms with Gasteiger partial charge < -0.3 is 1.43 Å². The zero-order valence-electron chi connectivity index (χ0n) is 23.0. The molecule has 2 heteroatoms. The van der Waals surface area contributed by atoms with E-state index in [-0.39, 0.29) is 133 Å². The molecule has 2 aromatic carbocycles. The van der Waals surface area contributed by atoms with Crippen molar-refractivity contribution in [2.45, 2.75) is 113 Å². The van der Waals surface area contributed by atoms with Crippen molar-refractivity contribution in [3.05, 3.63) is 69.3 Å². The van der Waals surface area contributed by atoms with Gasteiger partial charge in [-0.3, -0.25) is 0 Å². The van der Waals surface area contributed by atoms with Gasteiger partial charge in [-0.15, -0.1) is 0 Å². The van der Waals surface area contributed by atoms with Crippen LogP contribution in [0.2, 0.25) is 0 Å². The number of hydrogen-bond acceptors (Lipinski definition) is 0. The Hall–Kier alpha value is 2.05. The van der Waals surface area contributed by atoms with Crippen LogP contribution >= 0.6 is 0 Å². The number of rotatable bonds is 4. The summed E-state index contributed by atoms with van der Waals surface area (Å²) in [5.41, 5.74) is 10.5. The SMILES string of the molecule is C.C.Cc1[c-]ccc(CC2CCC(C3CCC(c4ccc(C)c(C)c4C)CC3)CC2)c1C.[H-].[Rb+].[Rb+]. The second-order valence-electron chi connectivity index (χ2n) is 10.6. The van der Waals surface area contributed by atoms with Gasteiger partial charge in [-0.2, -0.15) is 34.9 Å². The predicted octanol–water partition coefficient (Wildman–Crippen LogP) is 3.74. The fourth-order valence-electron chi connectivity index (χ4n) is 6.46. The van der Waals surface area contributed by atoms with Gasteiger partial charge in [0.25, 0.3) is 0 Å². The normalized spacial score (nSPS) is 24.0. The Balaban J connectivity index is 0. The molecule has 2 saturated carbocycles. The van der Waals surface area contributed by atoms with Gasteiger partial charge in [0, 0.05) is 0 Å². The molecule has 0 atom stereocenters. The predicted molar refractivity (Wildman–Crippen MR) is 144 cm³/mol. The Morgan fingerprint density at radius 2 is 1.26 bits per heavy atom. The summed E-state index contributed by atoms with van der Waals surface area (Å²) in [7, 11) is 0. The molecule has 0 nitrogen and oxygen atoms in total. The second-order valence-corrected chi connectivity index (χ2v) is 10.6. The summed E-state index contributed by atoms with van der Waals surface area (Å²) < 4.78 is 0. The maximum Gasteiger partial charge on any atom is 1.00 e. The summed E-state index contributed by atoms with van der Waals surface area (Å²) in [6.07, 6.45) is 12.8. The fourth-order valence-corrected chi connectivity index (χ4v) is 6.46. The average Bonchev–Trinajstić information content (AvgIpc) is 2.76. The first-order valence-electron chi connectivity index (χ1n) is 12.5. The second kappa shape index (κ2) is 16.9. The summed E-state index contributed by atoms with van der Waals surface area (Å²) in [6.45, 7) is 11.4. The molecule has 0 heterocycles. The molecule has 0 aromatic heterocycles. The van der Waals surface area contributed by atoms with Gasteiger partial charge in [-0.25, -0.2) is 0 Å². The fraction of sp³-hybridized carbons (Fsp3) is 0.625. The molecule has 2 aliphatic carbocycles. The van der Waals surface area contributed by atoms with E-state index in [1.807, 2.05) is 0 Å². The van der Waals surface area contributed by atoms with Crippen LogP contribution in [0.15, 0.2) is 24.3 Å². The van der Waals surface area contributed by atoms with Crippen LogP contribution in [0.1, 0.15) is 113 Å². The topological polar surface area (TPSA) is 0 Å². The van der Waals surface area contributed by atoms with Crippen molar-refractivity contribution < 1.29 is 118 Å².